The third-order valence-electron chi connectivity index (χ3n) is 1.92. The molecule has 9 heavy (non-hydrogen) atoms. The summed E-state index contributed by atoms with van der Waals surface area (Å²) in [5, 5.41) is 17.3. The van der Waals surface area contributed by atoms with E-state index in [9.17, 15) is 0 Å². The van der Waals surface area contributed by atoms with Crippen molar-refractivity contribution in [2.75, 3.05) is 13.2 Å². The molecule has 0 fully saturated rings. The van der Waals surface area contributed by atoms with Crippen molar-refractivity contribution in [3.63, 3.8) is 0 Å². The van der Waals surface area contributed by atoms with Gasteiger partial charge in [0.2, 0.25) is 0 Å². The number of aliphatic hydroxyl groups is 2. The zero-order valence-corrected chi connectivity index (χ0v) is 6.17. The quantitative estimate of drug-likeness (QED) is 0.589. The Balaban J connectivity index is 3.50. The first-order valence-electron chi connectivity index (χ1n) is 3.47. The van der Waals surface area contributed by atoms with Crippen LogP contribution in [0.5, 0.6) is 0 Å². The Hall–Kier alpha value is -0.0800. The molecule has 0 aromatic carbocycles. The van der Waals surface area contributed by atoms with Crippen LogP contribution in [0.25, 0.3) is 0 Å². The van der Waals surface area contributed by atoms with Crippen LogP contribution < -0.4 is 0 Å². The normalized spacial score (nSPS) is 14.3. The third-order valence-corrected chi connectivity index (χ3v) is 1.92. The summed E-state index contributed by atoms with van der Waals surface area (Å²) < 4.78 is 0. The summed E-state index contributed by atoms with van der Waals surface area (Å²) in [5.74, 6) is 0.509. The molecule has 0 unspecified atom stereocenters. The first-order chi connectivity index (χ1) is 4.26. The predicted molar refractivity (Wildman–Crippen MR) is 37.1 cm³/mol. The summed E-state index contributed by atoms with van der Waals surface area (Å²) in [4.78, 5) is 0. The van der Waals surface area contributed by atoms with E-state index in [0.717, 1.165) is 6.42 Å². The average Bonchev–Trinajstić information content (AvgIpc) is 1.90. The molecule has 2 heteroatoms. The van der Waals surface area contributed by atoms with E-state index in [1.807, 2.05) is 6.92 Å². The Morgan fingerprint density at radius 3 is 1.78 bits per heavy atom. The maximum absolute atomic E-state index is 8.67. The van der Waals surface area contributed by atoms with Gasteiger partial charge in [-0.2, -0.15) is 0 Å². The maximum atomic E-state index is 8.67. The van der Waals surface area contributed by atoms with Crippen molar-refractivity contribution in [3.8, 4) is 0 Å². The lowest BCUT2D eigenvalue weighted by molar-refractivity contribution is 0.111. The van der Waals surface area contributed by atoms with Crippen molar-refractivity contribution >= 4 is 0 Å². The maximum Gasteiger partial charge on any atom is 0.0483 e. The zero-order chi connectivity index (χ0) is 7.28. The van der Waals surface area contributed by atoms with E-state index in [4.69, 9.17) is 10.2 Å². The van der Waals surface area contributed by atoms with Crippen molar-refractivity contribution < 1.29 is 10.2 Å². The predicted octanol–water partition coefficient (Wildman–Crippen LogP) is 0.633. The Labute approximate surface area is 56.5 Å². The molecule has 1 atom stereocenters. The van der Waals surface area contributed by atoms with E-state index in [2.05, 4.69) is 6.92 Å². The summed E-state index contributed by atoms with van der Waals surface area (Å²) in [6.07, 6.45) is 1.02. The van der Waals surface area contributed by atoms with Crippen LogP contribution in [0, 0.1) is 11.8 Å². The topological polar surface area (TPSA) is 40.5 Å². The number of hydrogen-bond acceptors (Lipinski definition) is 2. The van der Waals surface area contributed by atoms with Crippen molar-refractivity contribution in [3.05, 3.63) is 0 Å². The van der Waals surface area contributed by atoms with Gasteiger partial charge < -0.3 is 10.2 Å². The Bertz CT molecular complexity index is 59.9. The van der Waals surface area contributed by atoms with Crippen LogP contribution in [-0.4, -0.2) is 23.4 Å². The lowest BCUT2D eigenvalue weighted by atomic mass is 9.93. The van der Waals surface area contributed by atoms with E-state index in [1.54, 1.807) is 0 Å². The molecule has 0 aromatic heterocycles. The summed E-state index contributed by atoms with van der Waals surface area (Å²) in [6.45, 7) is 4.30. The first-order valence-corrected chi connectivity index (χ1v) is 3.47. The molecule has 0 aliphatic rings. The second-order valence-corrected chi connectivity index (χ2v) is 2.51. The minimum Gasteiger partial charge on any atom is -0.396 e. The van der Waals surface area contributed by atoms with Gasteiger partial charge in [-0.25, -0.2) is 0 Å². The summed E-state index contributed by atoms with van der Waals surface area (Å²) in [5.41, 5.74) is 0. The van der Waals surface area contributed by atoms with Crippen LogP contribution in [0.3, 0.4) is 0 Å². The molecular formula is C7H16O2. The molecule has 0 radical (unpaired) electrons. The second-order valence-electron chi connectivity index (χ2n) is 2.51. The number of hydrogen-bond donors (Lipinski definition) is 2. The van der Waals surface area contributed by atoms with Gasteiger partial charge in [0.25, 0.3) is 0 Å². The highest BCUT2D eigenvalue weighted by Crippen LogP contribution is 2.12. The molecule has 0 saturated heterocycles. The van der Waals surface area contributed by atoms with Crippen LogP contribution in [0.1, 0.15) is 20.3 Å². The van der Waals surface area contributed by atoms with Crippen molar-refractivity contribution in [1.29, 1.82) is 0 Å². The first kappa shape index (κ1) is 8.92. The highest BCUT2D eigenvalue weighted by Gasteiger charge is 2.12. The molecule has 0 aliphatic heterocycles. The molecule has 0 saturated carbocycles. The van der Waals surface area contributed by atoms with Gasteiger partial charge in [0.1, 0.15) is 0 Å². The molecule has 0 aliphatic carbocycles. The van der Waals surface area contributed by atoms with E-state index in [1.165, 1.54) is 0 Å². The van der Waals surface area contributed by atoms with Gasteiger partial charge in [-0.3, -0.25) is 0 Å². The average molecular weight is 132 g/mol. The largest absolute Gasteiger partial charge is 0.396 e. The van der Waals surface area contributed by atoms with E-state index in [0.29, 0.717) is 5.92 Å². The molecule has 0 rings (SSSR count). The van der Waals surface area contributed by atoms with Crippen LogP contribution in [-0.2, 0) is 0 Å². The molecule has 0 spiro atoms. The van der Waals surface area contributed by atoms with Gasteiger partial charge in [0, 0.05) is 19.1 Å². The molecule has 0 aromatic rings. The molecular weight excluding hydrogens is 116 g/mol. The highest BCUT2D eigenvalue weighted by atomic mass is 16.3. The van der Waals surface area contributed by atoms with Gasteiger partial charge in [-0.1, -0.05) is 20.3 Å². The van der Waals surface area contributed by atoms with Crippen molar-refractivity contribution in [1.82, 2.24) is 0 Å². The van der Waals surface area contributed by atoms with Crippen LogP contribution in [0.2, 0.25) is 0 Å². The molecule has 2 nitrogen and oxygen atoms in total. The molecule has 56 valence electrons. The number of rotatable bonds is 4. The smallest absolute Gasteiger partial charge is 0.0483 e. The molecule has 0 amide bonds. The Morgan fingerprint density at radius 1 is 1.22 bits per heavy atom. The fourth-order valence-electron chi connectivity index (χ4n) is 0.751. The number of aliphatic hydroxyl groups excluding tert-OH is 2. The van der Waals surface area contributed by atoms with Crippen molar-refractivity contribution in [2.45, 2.75) is 20.3 Å². The van der Waals surface area contributed by atoms with E-state index >= 15 is 0 Å². The second kappa shape index (κ2) is 4.77. The third kappa shape index (κ3) is 2.82. The van der Waals surface area contributed by atoms with Crippen LogP contribution in [0.4, 0.5) is 0 Å². The van der Waals surface area contributed by atoms with Crippen molar-refractivity contribution in [2.24, 2.45) is 11.8 Å². The van der Waals surface area contributed by atoms with E-state index in [-0.39, 0.29) is 19.1 Å². The summed E-state index contributed by atoms with van der Waals surface area (Å²) >= 11 is 0. The standard InChI is InChI=1S/C7H16O2/c1-3-6(2)7(4-8)5-9/h6-9H,3-5H2,1-2H3/t6-/m0/s1. The summed E-state index contributed by atoms with van der Waals surface area (Å²) in [7, 11) is 0. The van der Waals surface area contributed by atoms with Gasteiger partial charge in [0.05, 0.1) is 0 Å². The van der Waals surface area contributed by atoms with Gasteiger partial charge in [-0.15, -0.1) is 0 Å². The van der Waals surface area contributed by atoms with Crippen LogP contribution >= 0.6 is 0 Å². The molecule has 0 heterocycles. The Kier molecular flexibility index (Phi) is 4.72. The monoisotopic (exact) mass is 132 g/mol. The minimum absolute atomic E-state index is 0.0787. The fourth-order valence-corrected chi connectivity index (χ4v) is 0.751. The lowest BCUT2D eigenvalue weighted by Crippen LogP contribution is -2.19. The summed E-state index contributed by atoms with van der Waals surface area (Å²) in [6, 6.07) is 0. The Morgan fingerprint density at radius 2 is 1.67 bits per heavy atom. The minimum atomic E-state index is 0.0787. The van der Waals surface area contributed by atoms with Gasteiger partial charge in [0.15, 0.2) is 0 Å². The van der Waals surface area contributed by atoms with Gasteiger partial charge >= 0.3 is 0 Å². The molecule has 2 N–H and O–H groups in total. The lowest BCUT2D eigenvalue weighted by Gasteiger charge is -2.16. The van der Waals surface area contributed by atoms with E-state index < -0.39 is 0 Å². The highest BCUT2D eigenvalue weighted by molar-refractivity contribution is 4.61. The SMILES string of the molecule is CC[C@H](C)C(CO)CO. The van der Waals surface area contributed by atoms with Crippen LogP contribution in [0.15, 0.2) is 0 Å². The van der Waals surface area contributed by atoms with Gasteiger partial charge in [-0.05, 0) is 5.92 Å². The fraction of sp³-hybridized carbons (Fsp3) is 1.00. The zero-order valence-electron chi connectivity index (χ0n) is 6.17. The molecule has 0 bridgehead atoms.